The van der Waals surface area contributed by atoms with Crippen molar-refractivity contribution in [2.45, 2.75) is 24.3 Å². The normalized spacial score (nSPS) is 16.1. The van der Waals surface area contributed by atoms with E-state index in [-0.39, 0.29) is 0 Å². The Morgan fingerprint density at radius 1 is 1.23 bits per heavy atom. The van der Waals surface area contributed by atoms with Gasteiger partial charge >= 0.3 is 0 Å². The first kappa shape index (κ1) is 9.10. The van der Waals surface area contributed by atoms with Gasteiger partial charge in [0, 0.05) is 11.5 Å². The van der Waals surface area contributed by atoms with Gasteiger partial charge in [-0.1, -0.05) is 12.1 Å². The first-order valence-electron chi connectivity index (χ1n) is 4.70. The molecule has 0 spiro atoms. The van der Waals surface area contributed by atoms with Crippen LogP contribution in [0.2, 0.25) is 0 Å². The molecule has 1 saturated carbocycles. The summed E-state index contributed by atoms with van der Waals surface area (Å²) in [6, 6.07) is 8.13. The number of hydrogen-bond donors (Lipinski definition) is 1. The molecule has 0 aromatic heterocycles. The molecule has 0 heterocycles. The third-order valence-electron chi connectivity index (χ3n) is 2.26. The van der Waals surface area contributed by atoms with E-state index < -0.39 is 0 Å². The van der Waals surface area contributed by atoms with E-state index in [2.05, 4.69) is 24.8 Å². The van der Waals surface area contributed by atoms with Gasteiger partial charge in [0.25, 0.3) is 0 Å². The summed E-state index contributed by atoms with van der Waals surface area (Å²) in [5.41, 5.74) is 1.23. The zero-order chi connectivity index (χ0) is 9.10. The molecule has 1 aromatic carbocycles. The van der Waals surface area contributed by atoms with Crippen LogP contribution in [0, 0.1) is 5.92 Å². The molecule has 0 unspecified atom stereocenters. The molecule has 70 valence electrons. The van der Waals surface area contributed by atoms with Crippen LogP contribution in [0.5, 0.6) is 0 Å². The lowest BCUT2D eigenvalue weighted by Crippen LogP contribution is -1.96. The number of hydrogen-bond acceptors (Lipinski definition) is 2. The molecule has 0 N–H and O–H groups in total. The molecule has 2 rings (SSSR count). The third-order valence-corrected chi connectivity index (χ3v) is 2.55. The van der Waals surface area contributed by atoms with Crippen LogP contribution in [0.3, 0.4) is 0 Å². The van der Waals surface area contributed by atoms with Crippen LogP contribution in [0.1, 0.15) is 18.4 Å². The fourth-order valence-corrected chi connectivity index (χ4v) is 1.37. The second-order valence-corrected chi connectivity index (χ2v) is 4.14. The molecule has 0 amide bonds. The van der Waals surface area contributed by atoms with Crippen molar-refractivity contribution in [3.8, 4) is 0 Å². The maximum Gasteiger partial charge on any atom is 0.0717 e. The Labute approximate surface area is 84.5 Å². The SMILES string of the molecule is Sc1ccc(COCC2CC2)cc1. The Bertz CT molecular complexity index is 264. The fourth-order valence-electron chi connectivity index (χ4n) is 1.22. The van der Waals surface area contributed by atoms with Gasteiger partial charge in [0.2, 0.25) is 0 Å². The maximum absolute atomic E-state index is 5.56. The van der Waals surface area contributed by atoms with Crippen molar-refractivity contribution in [3.63, 3.8) is 0 Å². The van der Waals surface area contributed by atoms with Gasteiger partial charge in [0.1, 0.15) is 0 Å². The van der Waals surface area contributed by atoms with E-state index >= 15 is 0 Å². The van der Waals surface area contributed by atoms with E-state index in [9.17, 15) is 0 Å². The Kier molecular flexibility index (Phi) is 2.91. The highest BCUT2D eigenvalue weighted by atomic mass is 32.1. The first-order chi connectivity index (χ1) is 6.34. The Morgan fingerprint density at radius 2 is 1.92 bits per heavy atom. The van der Waals surface area contributed by atoms with Gasteiger partial charge in [-0.3, -0.25) is 0 Å². The Morgan fingerprint density at radius 3 is 2.54 bits per heavy atom. The van der Waals surface area contributed by atoms with Gasteiger partial charge in [-0.15, -0.1) is 12.6 Å². The molecule has 1 aliphatic rings. The van der Waals surface area contributed by atoms with Gasteiger partial charge in [-0.2, -0.15) is 0 Å². The maximum atomic E-state index is 5.56. The molecule has 13 heavy (non-hydrogen) atoms. The van der Waals surface area contributed by atoms with E-state index in [1.54, 1.807) is 0 Å². The standard InChI is InChI=1S/C11H14OS/c13-11-5-3-10(4-6-11)8-12-7-9-1-2-9/h3-6,9,13H,1-2,7-8H2. The topological polar surface area (TPSA) is 9.23 Å². The summed E-state index contributed by atoms with van der Waals surface area (Å²) in [7, 11) is 0. The minimum atomic E-state index is 0.741. The van der Waals surface area contributed by atoms with Crippen molar-refractivity contribution in [3.05, 3.63) is 29.8 Å². The van der Waals surface area contributed by atoms with Crippen LogP contribution in [0.15, 0.2) is 29.2 Å². The van der Waals surface area contributed by atoms with Crippen LogP contribution < -0.4 is 0 Å². The van der Waals surface area contributed by atoms with E-state index in [1.165, 1.54) is 18.4 Å². The lowest BCUT2D eigenvalue weighted by Gasteiger charge is -2.02. The molecular weight excluding hydrogens is 180 g/mol. The predicted molar refractivity (Wildman–Crippen MR) is 56.1 cm³/mol. The average molecular weight is 194 g/mol. The van der Waals surface area contributed by atoms with Crippen LogP contribution in [-0.2, 0) is 11.3 Å². The first-order valence-corrected chi connectivity index (χ1v) is 5.15. The van der Waals surface area contributed by atoms with Crippen molar-refractivity contribution >= 4 is 12.6 Å². The van der Waals surface area contributed by atoms with Gasteiger partial charge in [0.15, 0.2) is 0 Å². The van der Waals surface area contributed by atoms with Gasteiger partial charge < -0.3 is 4.74 Å². The summed E-state index contributed by atoms with van der Waals surface area (Å²) in [6.07, 6.45) is 2.71. The van der Waals surface area contributed by atoms with Crippen LogP contribution in [0.4, 0.5) is 0 Å². The quantitative estimate of drug-likeness (QED) is 0.725. The van der Waals surface area contributed by atoms with Crippen LogP contribution in [-0.4, -0.2) is 6.61 Å². The summed E-state index contributed by atoms with van der Waals surface area (Å²) in [4.78, 5) is 1.01. The van der Waals surface area contributed by atoms with Gasteiger partial charge in [-0.05, 0) is 36.5 Å². The van der Waals surface area contributed by atoms with Crippen LogP contribution in [0.25, 0.3) is 0 Å². The third kappa shape index (κ3) is 3.05. The molecule has 1 fully saturated rings. The molecular formula is C11H14OS. The molecule has 0 atom stereocenters. The van der Waals surface area contributed by atoms with Crippen LogP contribution >= 0.6 is 12.6 Å². The monoisotopic (exact) mass is 194 g/mol. The van der Waals surface area contributed by atoms with Crippen molar-refractivity contribution < 1.29 is 4.74 Å². The molecule has 0 radical (unpaired) electrons. The highest BCUT2D eigenvalue weighted by molar-refractivity contribution is 7.80. The van der Waals surface area contributed by atoms with Crippen molar-refractivity contribution in [2.24, 2.45) is 5.92 Å². The minimum Gasteiger partial charge on any atom is -0.376 e. The molecule has 1 aromatic rings. The van der Waals surface area contributed by atoms with Gasteiger partial charge in [0.05, 0.1) is 6.61 Å². The number of thiol groups is 1. The van der Waals surface area contributed by atoms with Crippen molar-refractivity contribution in [2.75, 3.05) is 6.61 Å². The minimum absolute atomic E-state index is 0.741. The number of ether oxygens (including phenoxy) is 1. The summed E-state index contributed by atoms with van der Waals surface area (Å²) in [5, 5.41) is 0. The molecule has 0 aliphatic heterocycles. The van der Waals surface area contributed by atoms with E-state index in [0.717, 1.165) is 24.0 Å². The summed E-state index contributed by atoms with van der Waals surface area (Å²) in [5.74, 6) is 0.851. The van der Waals surface area contributed by atoms with E-state index in [4.69, 9.17) is 4.74 Å². The molecule has 0 saturated heterocycles. The molecule has 2 heteroatoms. The summed E-state index contributed by atoms with van der Waals surface area (Å²) in [6.45, 7) is 1.67. The lowest BCUT2D eigenvalue weighted by molar-refractivity contribution is 0.111. The highest BCUT2D eigenvalue weighted by Crippen LogP contribution is 2.29. The second kappa shape index (κ2) is 4.16. The largest absolute Gasteiger partial charge is 0.376 e. The highest BCUT2D eigenvalue weighted by Gasteiger charge is 2.20. The Balaban J connectivity index is 1.76. The predicted octanol–water partition coefficient (Wildman–Crippen LogP) is 2.90. The van der Waals surface area contributed by atoms with Crippen molar-refractivity contribution in [1.82, 2.24) is 0 Å². The summed E-state index contributed by atoms with van der Waals surface area (Å²) >= 11 is 4.22. The molecule has 1 nitrogen and oxygen atoms in total. The molecule has 1 aliphatic carbocycles. The molecule has 0 bridgehead atoms. The van der Waals surface area contributed by atoms with Crippen molar-refractivity contribution in [1.29, 1.82) is 0 Å². The average Bonchev–Trinajstić information content (AvgIpc) is 2.92. The van der Waals surface area contributed by atoms with E-state index in [1.807, 2.05) is 12.1 Å². The zero-order valence-electron chi connectivity index (χ0n) is 7.57. The number of rotatable bonds is 4. The lowest BCUT2D eigenvalue weighted by atomic mass is 10.2. The zero-order valence-corrected chi connectivity index (χ0v) is 8.47. The second-order valence-electron chi connectivity index (χ2n) is 3.62. The van der Waals surface area contributed by atoms with E-state index in [0.29, 0.717) is 0 Å². The smallest absolute Gasteiger partial charge is 0.0717 e. The fraction of sp³-hybridized carbons (Fsp3) is 0.455. The summed E-state index contributed by atoms with van der Waals surface area (Å²) < 4.78 is 5.56. The van der Waals surface area contributed by atoms with Gasteiger partial charge in [-0.25, -0.2) is 0 Å². The number of benzene rings is 1. The Hall–Kier alpha value is -0.470.